The third-order valence-electron chi connectivity index (χ3n) is 3.41. The fraction of sp³-hybridized carbons (Fsp3) is 0.308. The van der Waals surface area contributed by atoms with Gasteiger partial charge in [0.2, 0.25) is 11.8 Å². The highest BCUT2D eigenvalue weighted by atomic mass is 16.4. The number of hydrogen-bond donors (Lipinski definition) is 4. The predicted octanol–water partition coefficient (Wildman–Crippen LogP) is -0.0449. The van der Waals surface area contributed by atoms with Crippen molar-refractivity contribution in [3.8, 4) is 0 Å². The molecule has 0 aromatic heterocycles. The van der Waals surface area contributed by atoms with E-state index in [4.69, 9.17) is 10.8 Å². The van der Waals surface area contributed by atoms with Crippen LogP contribution >= 0.6 is 0 Å². The van der Waals surface area contributed by atoms with Crippen LogP contribution in [-0.4, -0.2) is 42.1 Å². The molecule has 0 saturated carbocycles. The van der Waals surface area contributed by atoms with Gasteiger partial charge in [0.25, 0.3) is 0 Å². The number of fused-ring (bicyclic) bond motifs is 1. The molecule has 3 amide bonds. The number of likely N-dealkylation sites (N-methyl/N-ethyl adjacent to an activating group) is 1. The Bertz CT molecular complexity index is 589. The van der Waals surface area contributed by atoms with Crippen molar-refractivity contribution in [2.24, 2.45) is 5.73 Å². The van der Waals surface area contributed by atoms with Crippen LogP contribution in [0.3, 0.4) is 0 Å². The minimum Gasteiger partial charge on any atom is -0.465 e. The fourth-order valence-electron chi connectivity index (χ4n) is 2.33. The zero-order chi connectivity index (χ0) is 15.6. The van der Waals surface area contributed by atoms with E-state index in [0.717, 1.165) is 5.69 Å². The van der Waals surface area contributed by atoms with Crippen LogP contribution in [0.25, 0.3) is 0 Å². The van der Waals surface area contributed by atoms with E-state index in [9.17, 15) is 14.4 Å². The van der Waals surface area contributed by atoms with Crippen molar-refractivity contribution in [1.29, 1.82) is 0 Å². The Labute approximate surface area is 120 Å². The first-order valence-electron chi connectivity index (χ1n) is 6.31. The van der Waals surface area contributed by atoms with Crippen LogP contribution in [0.15, 0.2) is 24.3 Å². The topological polar surface area (TPSA) is 125 Å². The maximum atomic E-state index is 12.1. The average molecular weight is 292 g/mol. The Morgan fingerprint density at radius 1 is 1.48 bits per heavy atom. The number of nitrogens with two attached hydrogens (primary N) is 1. The lowest BCUT2D eigenvalue weighted by Gasteiger charge is -2.36. The number of carbonyl (C=O) groups excluding carboxylic acids is 2. The highest BCUT2D eigenvalue weighted by molar-refractivity contribution is 6.03. The molecule has 1 aliphatic rings. The first-order chi connectivity index (χ1) is 9.90. The molecule has 5 N–H and O–H groups in total. The second-order valence-electron chi connectivity index (χ2n) is 4.77. The lowest BCUT2D eigenvalue weighted by Crippen LogP contribution is -2.53. The van der Waals surface area contributed by atoms with Gasteiger partial charge in [-0.05, 0) is 12.1 Å². The first-order valence-corrected chi connectivity index (χ1v) is 6.31. The lowest BCUT2D eigenvalue weighted by molar-refractivity contribution is -0.121. The van der Waals surface area contributed by atoms with Gasteiger partial charge in [-0.2, -0.15) is 0 Å². The number of carbonyl (C=O) groups is 3. The van der Waals surface area contributed by atoms with Crippen LogP contribution in [-0.2, 0) is 9.59 Å². The monoisotopic (exact) mass is 292 g/mol. The van der Waals surface area contributed by atoms with Gasteiger partial charge in [-0.15, -0.1) is 0 Å². The zero-order valence-corrected chi connectivity index (χ0v) is 11.4. The van der Waals surface area contributed by atoms with Gasteiger partial charge in [-0.25, -0.2) is 4.79 Å². The smallest absolute Gasteiger partial charge is 0.405 e. The summed E-state index contributed by atoms with van der Waals surface area (Å²) in [5.74, 6) is -1.13. The molecule has 1 aromatic rings. The molecule has 8 nitrogen and oxygen atoms in total. The summed E-state index contributed by atoms with van der Waals surface area (Å²) in [6.45, 7) is 0. The third-order valence-corrected chi connectivity index (χ3v) is 3.41. The second-order valence-corrected chi connectivity index (χ2v) is 4.77. The Kier molecular flexibility index (Phi) is 3.97. The average Bonchev–Trinajstić information content (AvgIpc) is 2.41. The third kappa shape index (κ3) is 3.04. The molecule has 112 valence electrons. The van der Waals surface area contributed by atoms with Crippen LogP contribution < -0.4 is 21.3 Å². The van der Waals surface area contributed by atoms with Crippen molar-refractivity contribution in [2.45, 2.75) is 18.5 Å². The van der Waals surface area contributed by atoms with Crippen LogP contribution in [0.1, 0.15) is 6.42 Å². The first kappa shape index (κ1) is 14.6. The number of primary amides is 1. The molecule has 2 atom stereocenters. The summed E-state index contributed by atoms with van der Waals surface area (Å²) in [5, 5.41) is 13.5. The largest absolute Gasteiger partial charge is 0.465 e. The van der Waals surface area contributed by atoms with Crippen LogP contribution in [0, 0.1) is 0 Å². The molecule has 0 fully saturated rings. The van der Waals surface area contributed by atoms with Gasteiger partial charge < -0.3 is 26.4 Å². The van der Waals surface area contributed by atoms with Gasteiger partial charge in [0.1, 0.15) is 12.1 Å². The van der Waals surface area contributed by atoms with Crippen LogP contribution in [0.4, 0.5) is 16.2 Å². The van der Waals surface area contributed by atoms with Gasteiger partial charge in [0.05, 0.1) is 11.4 Å². The van der Waals surface area contributed by atoms with Crippen molar-refractivity contribution in [3.05, 3.63) is 24.3 Å². The number of anilines is 2. The summed E-state index contributed by atoms with van der Waals surface area (Å²) in [5.41, 5.74) is 6.63. The standard InChI is InChI=1S/C13H16N4O4/c1-17-9-5-3-2-4-7(9)15-12(19)10(17)6-8(11(14)18)16-13(20)21/h2-5,8,10,16H,6H2,1H3,(H2,14,18)(H,15,19)(H,20,21). The minimum atomic E-state index is -1.36. The molecular weight excluding hydrogens is 276 g/mol. The fourth-order valence-corrected chi connectivity index (χ4v) is 2.33. The number of nitrogens with one attached hydrogen (secondary N) is 2. The predicted molar refractivity (Wildman–Crippen MR) is 76.0 cm³/mol. The molecule has 0 bridgehead atoms. The van der Waals surface area contributed by atoms with E-state index in [1.165, 1.54) is 0 Å². The molecule has 21 heavy (non-hydrogen) atoms. The van der Waals surface area contributed by atoms with Gasteiger partial charge in [0, 0.05) is 13.5 Å². The summed E-state index contributed by atoms with van der Waals surface area (Å²) < 4.78 is 0. The minimum absolute atomic E-state index is 0.0434. The second kappa shape index (κ2) is 5.70. The maximum absolute atomic E-state index is 12.1. The highest BCUT2D eigenvalue weighted by Gasteiger charge is 2.34. The molecule has 2 unspecified atom stereocenters. The van der Waals surface area contributed by atoms with Crippen LogP contribution in [0.5, 0.6) is 0 Å². The van der Waals surface area contributed by atoms with Gasteiger partial charge in [0.15, 0.2) is 0 Å². The van der Waals surface area contributed by atoms with Gasteiger partial charge in [-0.3, -0.25) is 9.59 Å². The number of benzene rings is 1. The van der Waals surface area contributed by atoms with Crippen molar-refractivity contribution in [2.75, 3.05) is 17.3 Å². The van der Waals surface area contributed by atoms with Gasteiger partial charge in [-0.1, -0.05) is 12.1 Å². The highest BCUT2D eigenvalue weighted by Crippen LogP contribution is 2.31. The van der Waals surface area contributed by atoms with E-state index in [2.05, 4.69) is 5.32 Å². The lowest BCUT2D eigenvalue weighted by atomic mass is 10.0. The van der Waals surface area contributed by atoms with E-state index >= 15 is 0 Å². The number of amides is 3. The molecule has 1 aromatic carbocycles. The quantitative estimate of drug-likeness (QED) is 0.619. The molecule has 2 rings (SSSR count). The molecule has 0 saturated heterocycles. The van der Waals surface area contributed by atoms with E-state index in [-0.39, 0.29) is 12.3 Å². The number of carboxylic acid groups (broad SMARTS) is 1. The number of hydrogen-bond acceptors (Lipinski definition) is 4. The molecule has 1 aliphatic heterocycles. The molecule has 8 heteroatoms. The molecular formula is C13H16N4O4. The molecule has 0 radical (unpaired) electrons. The summed E-state index contributed by atoms with van der Waals surface area (Å²) in [6, 6.07) is 5.39. The Balaban J connectivity index is 2.21. The maximum Gasteiger partial charge on any atom is 0.405 e. The number of nitrogens with zero attached hydrogens (tertiary/aromatic N) is 1. The van der Waals surface area contributed by atoms with E-state index in [0.29, 0.717) is 5.69 Å². The van der Waals surface area contributed by atoms with Crippen molar-refractivity contribution in [3.63, 3.8) is 0 Å². The summed E-state index contributed by atoms with van der Waals surface area (Å²) in [7, 11) is 1.71. The normalized spacial score (nSPS) is 18.4. The summed E-state index contributed by atoms with van der Waals surface area (Å²) >= 11 is 0. The van der Waals surface area contributed by atoms with Crippen LogP contribution in [0.2, 0.25) is 0 Å². The molecule has 1 heterocycles. The SMILES string of the molecule is CN1c2ccccc2NC(=O)C1CC(NC(=O)O)C(N)=O. The number of rotatable bonds is 4. The Hall–Kier alpha value is -2.77. The Morgan fingerprint density at radius 3 is 2.76 bits per heavy atom. The van der Waals surface area contributed by atoms with Crippen molar-refractivity contribution >= 4 is 29.3 Å². The van der Waals surface area contributed by atoms with Crippen molar-refractivity contribution in [1.82, 2.24) is 5.32 Å². The zero-order valence-electron chi connectivity index (χ0n) is 11.4. The molecule has 0 aliphatic carbocycles. The van der Waals surface area contributed by atoms with Gasteiger partial charge >= 0.3 is 6.09 Å². The number of para-hydroxylation sites is 2. The summed E-state index contributed by atoms with van der Waals surface area (Å²) in [4.78, 5) is 35.8. The Morgan fingerprint density at radius 2 is 2.14 bits per heavy atom. The molecule has 0 spiro atoms. The van der Waals surface area contributed by atoms with Crippen molar-refractivity contribution < 1.29 is 19.5 Å². The van der Waals surface area contributed by atoms with E-state index in [1.807, 2.05) is 17.4 Å². The van der Waals surface area contributed by atoms with E-state index < -0.39 is 24.1 Å². The van der Waals surface area contributed by atoms with E-state index in [1.54, 1.807) is 24.1 Å². The summed E-state index contributed by atoms with van der Waals surface area (Å²) in [6.07, 6.45) is -1.41.